The minimum absolute atomic E-state index is 0.309. The van der Waals surface area contributed by atoms with E-state index < -0.39 is 0 Å². The number of aliphatic hydroxyl groups excluding tert-OH is 1. The number of aliphatic hydroxyl groups is 1. The molecule has 2 heteroatoms. The van der Waals surface area contributed by atoms with Crippen molar-refractivity contribution in [3.63, 3.8) is 0 Å². The highest BCUT2D eigenvalue weighted by Crippen LogP contribution is 2.22. The van der Waals surface area contributed by atoms with E-state index in [2.05, 4.69) is 0 Å². The first kappa shape index (κ1) is 10.6. The summed E-state index contributed by atoms with van der Waals surface area (Å²) in [5.41, 5.74) is 2.07. The normalized spacial score (nSPS) is 12.9. The van der Waals surface area contributed by atoms with E-state index in [9.17, 15) is 0 Å². The molecule has 1 radical (unpaired) electrons. The molecule has 0 heterocycles. The predicted octanol–water partition coefficient (Wildman–Crippen LogP) is 2.97. The van der Waals surface area contributed by atoms with Gasteiger partial charge in [0.15, 0.2) is 0 Å². The molecule has 1 nitrogen and oxygen atoms in total. The maximum Gasteiger partial charge on any atom is 0.0518 e. The molecule has 13 heavy (non-hydrogen) atoms. The lowest BCUT2D eigenvalue weighted by atomic mass is 10.1. The van der Waals surface area contributed by atoms with Crippen LogP contribution in [0.1, 0.15) is 24.5 Å². The van der Waals surface area contributed by atoms with Gasteiger partial charge in [-0.05, 0) is 37.8 Å². The fraction of sp³-hybridized carbons (Fsp3) is 0.364. The summed E-state index contributed by atoms with van der Waals surface area (Å²) >= 11 is 6.06. The van der Waals surface area contributed by atoms with Crippen LogP contribution in [-0.4, -0.2) is 11.2 Å². The molecule has 0 saturated heterocycles. The minimum atomic E-state index is -0.309. The van der Waals surface area contributed by atoms with Gasteiger partial charge in [-0.15, -0.1) is 0 Å². The van der Waals surface area contributed by atoms with E-state index in [1.54, 1.807) is 6.92 Å². The zero-order valence-corrected chi connectivity index (χ0v) is 8.67. The highest BCUT2D eigenvalue weighted by molar-refractivity contribution is 6.32. The number of hydrogen-bond donors (Lipinski definition) is 1. The van der Waals surface area contributed by atoms with Crippen LogP contribution in [0, 0.1) is 13.3 Å². The molecule has 0 aliphatic carbocycles. The van der Waals surface area contributed by atoms with Crippen molar-refractivity contribution in [3.05, 3.63) is 40.8 Å². The second kappa shape index (κ2) is 4.64. The highest BCUT2D eigenvalue weighted by atomic mass is 35.5. The average Bonchev–Trinajstić information content (AvgIpc) is 2.07. The van der Waals surface area contributed by atoms with Crippen molar-refractivity contribution in [1.29, 1.82) is 0 Å². The van der Waals surface area contributed by atoms with Gasteiger partial charge in [0, 0.05) is 5.02 Å². The molecule has 0 spiro atoms. The number of halogens is 1. The molecule has 1 aromatic rings. The smallest absolute Gasteiger partial charge is 0.0518 e. The third kappa shape index (κ3) is 3.02. The summed E-state index contributed by atoms with van der Waals surface area (Å²) in [6.45, 7) is 3.74. The monoisotopic (exact) mass is 197 g/mol. The van der Waals surface area contributed by atoms with Crippen LogP contribution in [0.15, 0.2) is 18.2 Å². The summed E-state index contributed by atoms with van der Waals surface area (Å²) in [5, 5.41) is 9.88. The van der Waals surface area contributed by atoms with E-state index in [0.717, 1.165) is 16.1 Å². The fourth-order valence-electron chi connectivity index (χ4n) is 1.13. The largest absolute Gasteiger partial charge is 0.393 e. The van der Waals surface area contributed by atoms with E-state index in [4.69, 9.17) is 16.7 Å². The lowest BCUT2D eigenvalue weighted by Crippen LogP contribution is -2.00. The number of rotatable bonds is 3. The van der Waals surface area contributed by atoms with Crippen molar-refractivity contribution < 1.29 is 5.11 Å². The number of aryl methyl sites for hydroxylation is 1. The summed E-state index contributed by atoms with van der Waals surface area (Å²) in [4.78, 5) is 0. The van der Waals surface area contributed by atoms with E-state index in [-0.39, 0.29) is 6.10 Å². The third-order valence-electron chi connectivity index (χ3n) is 1.90. The molecule has 1 unspecified atom stereocenters. The summed E-state index contributed by atoms with van der Waals surface area (Å²) in [5.74, 6) is 0. The van der Waals surface area contributed by atoms with Crippen molar-refractivity contribution in [1.82, 2.24) is 0 Å². The Morgan fingerprint density at radius 1 is 1.54 bits per heavy atom. The molecule has 1 rings (SSSR count). The van der Waals surface area contributed by atoms with Crippen molar-refractivity contribution in [2.24, 2.45) is 0 Å². The van der Waals surface area contributed by atoms with Crippen molar-refractivity contribution >= 4 is 11.6 Å². The van der Waals surface area contributed by atoms with Gasteiger partial charge in [-0.3, -0.25) is 0 Å². The molecule has 1 aromatic carbocycles. The summed E-state index contributed by atoms with van der Waals surface area (Å²) in [7, 11) is 0. The Labute approximate surface area is 84.4 Å². The van der Waals surface area contributed by atoms with Crippen molar-refractivity contribution in [2.45, 2.75) is 26.4 Å². The van der Waals surface area contributed by atoms with E-state index >= 15 is 0 Å². The molecule has 0 fully saturated rings. The molecule has 0 saturated carbocycles. The number of hydrogen-bond acceptors (Lipinski definition) is 1. The standard InChI is InChI=1S/C11H14ClO/c1-8-4-3-5-10(11(8)12)7-6-9(2)13/h3-5,7,9,13H,6H2,1-2H3. The molecule has 0 aromatic heterocycles. The Morgan fingerprint density at radius 3 is 2.85 bits per heavy atom. The maximum atomic E-state index is 9.10. The highest BCUT2D eigenvalue weighted by Gasteiger charge is 2.04. The van der Waals surface area contributed by atoms with Gasteiger partial charge in [0.25, 0.3) is 0 Å². The molecule has 0 amide bonds. The van der Waals surface area contributed by atoms with Gasteiger partial charge in [0.1, 0.15) is 0 Å². The van der Waals surface area contributed by atoms with Gasteiger partial charge < -0.3 is 5.11 Å². The molecule has 1 atom stereocenters. The summed E-state index contributed by atoms with van der Waals surface area (Å²) in [6, 6.07) is 5.90. The zero-order valence-electron chi connectivity index (χ0n) is 7.92. The molecule has 0 aliphatic rings. The fourth-order valence-corrected chi connectivity index (χ4v) is 1.33. The maximum absolute atomic E-state index is 9.10. The molecule has 1 N–H and O–H groups in total. The van der Waals surface area contributed by atoms with E-state index in [1.165, 1.54) is 0 Å². The van der Waals surface area contributed by atoms with Gasteiger partial charge in [-0.2, -0.15) is 0 Å². The molecule has 0 aliphatic heterocycles. The van der Waals surface area contributed by atoms with Crippen molar-refractivity contribution in [3.8, 4) is 0 Å². The number of benzene rings is 1. The van der Waals surface area contributed by atoms with Crippen LogP contribution in [-0.2, 0) is 0 Å². The first-order chi connectivity index (χ1) is 6.11. The van der Waals surface area contributed by atoms with Crippen LogP contribution in [0.2, 0.25) is 5.02 Å². The van der Waals surface area contributed by atoms with Crippen LogP contribution < -0.4 is 0 Å². The van der Waals surface area contributed by atoms with Crippen LogP contribution in [0.5, 0.6) is 0 Å². The molecular formula is C11H14ClO. The summed E-state index contributed by atoms with van der Waals surface area (Å²) < 4.78 is 0. The molecule has 71 valence electrons. The predicted molar refractivity (Wildman–Crippen MR) is 55.9 cm³/mol. The van der Waals surface area contributed by atoms with Crippen LogP contribution >= 0.6 is 11.6 Å². The van der Waals surface area contributed by atoms with E-state index in [1.807, 2.05) is 31.5 Å². The Balaban J connectivity index is 2.71. The zero-order chi connectivity index (χ0) is 9.84. The minimum Gasteiger partial charge on any atom is -0.393 e. The van der Waals surface area contributed by atoms with Gasteiger partial charge in [0.2, 0.25) is 0 Å². The van der Waals surface area contributed by atoms with Crippen molar-refractivity contribution in [2.75, 3.05) is 0 Å². The Bertz CT molecular complexity index is 281. The molecular weight excluding hydrogens is 184 g/mol. The van der Waals surface area contributed by atoms with Gasteiger partial charge in [0.05, 0.1) is 6.10 Å². The second-order valence-electron chi connectivity index (χ2n) is 3.27. The Morgan fingerprint density at radius 2 is 2.23 bits per heavy atom. The second-order valence-corrected chi connectivity index (χ2v) is 3.64. The Kier molecular flexibility index (Phi) is 3.76. The van der Waals surface area contributed by atoms with Crippen LogP contribution in [0.3, 0.4) is 0 Å². The first-order valence-electron chi connectivity index (χ1n) is 4.37. The van der Waals surface area contributed by atoms with Gasteiger partial charge in [-0.1, -0.05) is 29.8 Å². The average molecular weight is 198 g/mol. The Hall–Kier alpha value is -0.530. The third-order valence-corrected chi connectivity index (χ3v) is 2.42. The van der Waals surface area contributed by atoms with Crippen LogP contribution in [0.4, 0.5) is 0 Å². The SMILES string of the molecule is Cc1cccc([CH]CC(C)O)c1Cl. The quantitative estimate of drug-likeness (QED) is 0.790. The first-order valence-corrected chi connectivity index (χ1v) is 4.75. The van der Waals surface area contributed by atoms with Gasteiger partial charge in [-0.25, -0.2) is 0 Å². The lowest BCUT2D eigenvalue weighted by molar-refractivity contribution is 0.195. The summed E-state index contributed by atoms with van der Waals surface area (Å²) in [6.07, 6.45) is 2.29. The van der Waals surface area contributed by atoms with Crippen LogP contribution in [0.25, 0.3) is 0 Å². The lowest BCUT2D eigenvalue weighted by Gasteiger charge is -2.07. The molecule has 0 bridgehead atoms. The van der Waals surface area contributed by atoms with Gasteiger partial charge >= 0.3 is 0 Å². The topological polar surface area (TPSA) is 20.2 Å². The van der Waals surface area contributed by atoms with E-state index in [0.29, 0.717) is 6.42 Å².